The standard InChI is InChI=1S/C14H19ClO2/c1-16-8-9-17-14-5-3-2-4-13(14)11-6-7-12(15)10-11/h2-5,11-12H,6-10H2,1H3. The van der Waals surface area contributed by atoms with Gasteiger partial charge in [-0.15, -0.1) is 11.6 Å². The Morgan fingerprint density at radius 3 is 2.76 bits per heavy atom. The van der Waals surface area contributed by atoms with Crippen LogP contribution in [0.15, 0.2) is 24.3 Å². The van der Waals surface area contributed by atoms with Crippen molar-refractivity contribution in [1.29, 1.82) is 0 Å². The van der Waals surface area contributed by atoms with Crippen LogP contribution in [-0.2, 0) is 4.74 Å². The van der Waals surface area contributed by atoms with E-state index in [4.69, 9.17) is 21.1 Å². The van der Waals surface area contributed by atoms with Crippen LogP contribution in [0.4, 0.5) is 0 Å². The van der Waals surface area contributed by atoms with Gasteiger partial charge >= 0.3 is 0 Å². The van der Waals surface area contributed by atoms with Crippen LogP contribution in [0.2, 0.25) is 0 Å². The lowest BCUT2D eigenvalue weighted by Gasteiger charge is -2.15. The molecule has 0 heterocycles. The third kappa shape index (κ3) is 3.36. The fourth-order valence-corrected chi connectivity index (χ4v) is 2.73. The Morgan fingerprint density at radius 1 is 1.24 bits per heavy atom. The molecule has 0 radical (unpaired) electrons. The van der Waals surface area contributed by atoms with Crippen molar-refractivity contribution < 1.29 is 9.47 Å². The maximum atomic E-state index is 6.18. The molecule has 0 aliphatic heterocycles. The lowest BCUT2D eigenvalue weighted by Crippen LogP contribution is -2.07. The number of methoxy groups -OCH3 is 1. The van der Waals surface area contributed by atoms with E-state index >= 15 is 0 Å². The van der Waals surface area contributed by atoms with Gasteiger partial charge in [0.05, 0.1) is 6.61 Å². The van der Waals surface area contributed by atoms with Crippen molar-refractivity contribution in [3.63, 3.8) is 0 Å². The Bertz CT molecular complexity index is 354. The first-order valence-corrected chi connectivity index (χ1v) is 6.59. The molecule has 1 aliphatic rings. The Morgan fingerprint density at radius 2 is 2.06 bits per heavy atom. The van der Waals surface area contributed by atoms with E-state index in [1.165, 1.54) is 12.0 Å². The minimum absolute atomic E-state index is 0.326. The van der Waals surface area contributed by atoms with Gasteiger partial charge in [0.1, 0.15) is 12.4 Å². The molecule has 2 nitrogen and oxygen atoms in total. The molecule has 0 aromatic heterocycles. The number of alkyl halides is 1. The maximum absolute atomic E-state index is 6.18. The molecule has 2 unspecified atom stereocenters. The minimum Gasteiger partial charge on any atom is -0.491 e. The fourth-order valence-electron chi connectivity index (χ4n) is 2.39. The molecule has 0 spiro atoms. The van der Waals surface area contributed by atoms with E-state index in [0.717, 1.165) is 18.6 Å². The number of halogens is 1. The number of ether oxygens (including phenoxy) is 2. The van der Waals surface area contributed by atoms with Crippen molar-refractivity contribution in [2.45, 2.75) is 30.6 Å². The number of hydrogen-bond acceptors (Lipinski definition) is 2. The van der Waals surface area contributed by atoms with Crippen LogP contribution in [0.3, 0.4) is 0 Å². The molecule has 0 N–H and O–H groups in total. The summed E-state index contributed by atoms with van der Waals surface area (Å²) in [4.78, 5) is 0. The van der Waals surface area contributed by atoms with Crippen LogP contribution in [-0.4, -0.2) is 25.7 Å². The molecule has 1 aliphatic carbocycles. The molecule has 17 heavy (non-hydrogen) atoms. The SMILES string of the molecule is COCCOc1ccccc1C1CCC(Cl)C1. The van der Waals surface area contributed by atoms with Gasteiger partial charge in [-0.25, -0.2) is 0 Å². The fraction of sp³-hybridized carbons (Fsp3) is 0.571. The zero-order valence-electron chi connectivity index (χ0n) is 10.2. The van der Waals surface area contributed by atoms with Gasteiger partial charge in [0, 0.05) is 12.5 Å². The molecule has 2 rings (SSSR count). The van der Waals surface area contributed by atoms with Gasteiger partial charge < -0.3 is 9.47 Å². The molecule has 0 saturated heterocycles. The highest BCUT2D eigenvalue weighted by atomic mass is 35.5. The van der Waals surface area contributed by atoms with E-state index in [1.807, 2.05) is 12.1 Å². The van der Waals surface area contributed by atoms with Gasteiger partial charge in [0.25, 0.3) is 0 Å². The topological polar surface area (TPSA) is 18.5 Å². The molecule has 1 aromatic carbocycles. The summed E-state index contributed by atoms with van der Waals surface area (Å²) >= 11 is 6.18. The van der Waals surface area contributed by atoms with Crippen LogP contribution in [0.25, 0.3) is 0 Å². The second-order valence-electron chi connectivity index (χ2n) is 4.49. The number of para-hydroxylation sites is 1. The monoisotopic (exact) mass is 254 g/mol. The van der Waals surface area contributed by atoms with Crippen molar-refractivity contribution in [1.82, 2.24) is 0 Å². The summed E-state index contributed by atoms with van der Waals surface area (Å²) in [6.07, 6.45) is 3.34. The quantitative estimate of drug-likeness (QED) is 0.591. The highest BCUT2D eigenvalue weighted by Crippen LogP contribution is 2.40. The Kier molecular flexibility index (Phi) is 4.69. The molecule has 2 atom stereocenters. The maximum Gasteiger partial charge on any atom is 0.122 e. The smallest absolute Gasteiger partial charge is 0.122 e. The number of benzene rings is 1. The van der Waals surface area contributed by atoms with Crippen LogP contribution < -0.4 is 4.74 Å². The molecule has 1 fully saturated rings. The first kappa shape index (κ1) is 12.7. The van der Waals surface area contributed by atoms with Gasteiger partial charge in [-0.05, 0) is 36.8 Å². The normalized spacial score (nSPS) is 23.9. The lowest BCUT2D eigenvalue weighted by molar-refractivity contribution is 0.145. The number of hydrogen-bond donors (Lipinski definition) is 0. The highest BCUT2D eigenvalue weighted by molar-refractivity contribution is 6.20. The summed E-state index contributed by atoms with van der Waals surface area (Å²) in [5.41, 5.74) is 1.30. The van der Waals surface area contributed by atoms with Gasteiger partial charge in [-0.1, -0.05) is 18.2 Å². The van der Waals surface area contributed by atoms with Gasteiger partial charge in [0.15, 0.2) is 0 Å². The Labute approximate surface area is 108 Å². The van der Waals surface area contributed by atoms with Crippen molar-refractivity contribution in [2.75, 3.05) is 20.3 Å². The first-order valence-electron chi connectivity index (χ1n) is 6.16. The second kappa shape index (κ2) is 6.27. The lowest BCUT2D eigenvalue weighted by atomic mass is 9.97. The van der Waals surface area contributed by atoms with E-state index in [-0.39, 0.29) is 0 Å². The summed E-state index contributed by atoms with van der Waals surface area (Å²) in [6.45, 7) is 1.22. The third-order valence-corrected chi connectivity index (χ3v) is 3.67. The van der Waals surface area contributed by atoms with Crippen LogP contribution in [0, 0.1) is 0 Å². The van der Waals surface area contributed by atoms with E-state index in [9.17, 15) is 0 Å². The Hall–Kier alpha value is -0.730. The highest BCUT2D eigenvalue weighted by Gasteiger charge is 2.26. The van der Waals surface area contributed by atoms with Gasteiger partial charge in [-0.3, -0.25) is 0 Å². The largest absolute Gasteiger partial charge is 0.491 e. The molecule has 0 bridgehead atoms. The summed E-state index contributed by atoms with van der Waals surface area (Å²) in [5.74, 6) is 1.54. The van der Waals surface area contributed by atoms with Crippen LogP contribution >= 0.6 is 11.6 Å². The zero-order valence-corrected chi connectivity index (χ0v) is 11.0. The van der Waals surface area contributed by atoms with Gasteiger partial charge in [0.2, 0.25) is 0 Å². The molecular weight excluding hydrogens is 236 g/mol. The Balaban J connectivity index is 2.05. The molecule has 94 valence electrons. The van der Waals surface area contributed by atoms with Crippen molar-refractivity contribution >= 4 is 11.6 Å². The summed E-state index contributed by atoms with van der Waals surface area (Å²) in [5, 5.41) is 0.326. The van der Waals surface area contributed by atoms with Crippen molar-refractivity contribution in [2.24, 2.45) is 0 Å². The van der Waals surface area contributed by atoms with E-state index < -0.39 is 0 Å². The van der Waals surface area contributed by atoms with Crippen molar-refractivity contribution in [3.8, 4) is 5.75 Å². The first-order chi connectivity index (χ1) is 8.31. The summed E-state index contributed by atoms with van der Waals surface area (Å²) in [7, 11) is 1.68. The average molecular weight is 255 g/mol. The number of rotatable bonds is 5. The molecule has 0 amide bonds. The average Bonchev–Trinajstić information content (AvgIpc) is 2.77. The molecule has 3 heteroatoms. The zero-order chi connectivity index (χ0) is 12.1. The molecule has 1 saturated carbocycles. The molecular formula is C14H19ClO2. The molecule has 1 aromatic rings. The van der Waals surface area contributed by atoms with Crippen molar-refractivity contribution in [3.05, 3.63) is 29.8 Å². The second-order valence-corrected chi connectivity index (χ2v) is 5.10. The van der Waals surface area contributed by atoms with Crippen LogP contribution in [0.5, 0.6) is 5.75 Å². The van der Waals surface area contributed by atoms with Crippen LogP contribution in [0.1, 0.15) is 30.7 Å². The summed E-state index contributed by atoms with van der Waals surface area (Å²) < 4.78 is 10.8. The summed E-state index contributed by atoms with van der Waals surface area (Å²) in [6, 6.07) is 8.27. The van der Waals surface area contributed by atoms with E-state index in [2.05, 4.69) is 12.1 Å². The van der Waals surface area contributed by atoms with E-state index in [1.54, 1.807) is 7.11 Å². The predicted octanol–water partition coefficient (Wildman–Crippen LogP) is 3.59. The third-order valence-electron chi connectivity index (χ3n) is 3.27. The minimum atomic E-state index is 0.326. The predicted molar refractivity (Wildman–Crippen MR) is 70.0 cm³/mol. The van der Waals surface area contributed by atoms with E-state index in [0.29, 0.717) is 24.5 Å². The van der Waals surface area contributed by atoms with Gasteiger partial charge in [-0.2, -0.15) is 0 Å².